The maximum absolute atomic E-state index is 12.7. The number of ether oxygens (including phenoxy) is 1. The monoisotopic (exact) mass is 496 g/mol. The Morgan fingerprint density at radius 1 is 1.03 bits per heavy atom. The fraction of sp³-hybridized carbons (Fsp3) is 0.381. The fourth-order valence-electron chi connectivity index (χ4n) is 3.38. The summed E-state index contributed by atoms with van der Waals surface area (Å²) in [6.45, 7) is 0.876. The molecule has 0 unspecified atom stereocenters. The van der Waals surface area contributed by atoms with Crippen LogP contribution in [0.15, 0.2) is 52.3 Å². The molecule has 2 aromatic carbocycles. The van der Waals surface area contributed by atoms with E-state index in [2.05, 4.69) is 10.6 Å². The molecule has 0 saturated carbocycles. The van der Waals surface area contributed by atoms with Crippen LogP contribution in [0.3, 0.4) is 0 Å². The Labute approximate surface area is 194 Å². The number of nitrogens with zero attached hydrogens (tertiary/aromatic N) is 2. The van der Waals surface area contributed by atoms with Crippen molar-refractivity contribution in [3.63, 3.8) is 0 Å². The summed E-state index contributed by atoms with van der Waals surface area (Å²) in [5, 5.41) is 5.55. The molecule has 0 radical (unpaired) electrons. The quantitative estimate of drug-likeness (QED) is 0.542. The standard InChI is InChI=1S/C21H28N4O6S2/c1-24(2)33(29,30)20-14-17(9-10-19(20)31-3)23-21(26)15-22-16-7-6-8-18(13-16)32(27,28)25-11-4-5-12-25/h6-10,13-14,22H,4-5,11-12,15H2,1-3H3,(H,23,26). The SMILES string of the molecule is COc1ccc(NC(=O)CNc2cccc(S(=O)(=O)N3CCCC3)c2)cc1S(=O)(=O)N(C)C. The van der Waals surface area contributed by atoms with Gasteiger partial charge < -0.3 is 15.4 Å². The van der Waals surface area contributed by atoms with Crippen molar-refractivity contribution >= 4 is 37.3 Å². The molecule has 1 aliphatic heterocycles. The molecule has 12 heteroatoms. The van der Waals surface area contributed by atoms with E-state index in [9.17, 15) is 21.6 Å². The van der Waals surface area contributed by atoms with Crippen LogP contribution in [0.2, 0.25) is 0 Å². The molecule has 3 rings (SSSR count). The van der Waals surface area contributed by atoms with Crippen LogP contribution in [0.1, 0.15) is 12.8 Å². The van der Waals surface area contributed by atoms with E-state index in [1.807, 2.05) is 0 Å². The van der Waals surface area contributed by atoms with Gasteiger partial charge in [-0.1, -0.05) is 6.07 Å². The lowest BCUT2D eigenvalue weighted by Crippen LogP contribution is -2.28. The number of benzene rings is 2. The van der Waals surface area contributed by atoms with Crippen LogP contribution in [-0.2, 0) is 24.8 Å². The second-order valence-electron chi connectivity index (χ2n) is 7.69. The maximum atomic E-state index is 12.7. The van der Waals surface area contributed by atoms with Crippen LogP contribution < -0.4 is 15.4 Å². The van der Waals surface area contributed by atoms with Gasteiger partial charge in [-0.2, -0.15) is 4.31 Å². The number of carbonyl (C=O) groups is 1. The molecule has 0 aromatic heterocycles. The lowest BCUT2D eigenvalue weighted by Gasteiger charge is -2.17. The molecule has 1 aliphatic rings. The van der Waals surface area contributed by atoms with Gasteiger partial charge in [0.15, 0.2) is 0 Å². The van der Waals surface area contributed by atoms with E-state index in [4.69, 9.17) is 4.74 Å². The first-order valence-corrected chi connectivity index (χ1v) is 13.2. The molecule has 0 spiro atoms. The third-order valence-electron chi connectivity index (χ3n) is 5.20. The second-order valence-corrected chi connectivity index (χ2v) is 11.8. The molecule has 180 valence electrons. The number of hydrogen-bond acceptors (Lipinski definition) is 7. The molecular weight excluding hydrogens is 468 g/mol. The van der Waals surface area contributed by atoms with Crippen molar-refractivity contribution < 1.29 is 26.4 Å². The number of anilines is 2. The third-order valence-corrected chi connectivity index (χ3v) is 8.93. The van der Waals surface area contributed by atoms with Crippen LogP contribution in [0.4, 0.5) is 11.4 Å². The first-order valence-electron chi connectivity index (χ1n) is 10.3. The lowest BCUT2D eigenvalue weighted by atomic mass is 10.3. The van der Waals surface area contributed by atoms with Gasteiger partial charge in [0.05, 0.1) is 18.6 Å². The zero-order valence-electron chi connectivity index (χ0n) is 18.7. The first kappa shape index (κ1) is 25.0. The fourth-order valence-corrected chi connectivity index (χ4v) is 6.02. The summed E-state index contributed by atoms with van der Waals surface area (Å²) in [5.41, 5.74) is 0.768. The van der Waals surface area contributed by atoms with Crippen molar-refractivity contribution in [2.75, 3.05) is 51.5 Å². The number of nitrogens with one attached hydrogen (secondary N) is 2. The molecule has 1 fully saturated rings. The Balaban J connectivity index is 1.69. The number of methoxy groups -OCH3 is 1. The van der Waals surface area contributed by atoms with E-state index in [0.717, 1.165) is 17.1 Å². The Hall–Kier alpha value is -2.67. The molecule has 1 saturated heterocycles. The van der Waals surface area contributed by atoms with Crippen LogP contribution in [0, 0.1) is 0 Å². The normalized spacial score (nSPS) is 14.9. The van der Waals surface area contributed by atoms with E-state index in [1.54, 1.807) is 12.1 Å². The highest BCUT2D eigenvalue weighted by Gasteiger charge is 2.27. The molecule has 0 atom stereocenters. The van der Waals surface area contributed by atoms with Gasteiger partial charge in [-0.25, -0.2) is 21.1 Å². The number of carbonyl (C=O) groups excluding carboxylic acids is 1. The lowest BCUT2D eigenvalue weighted by molar-refractivity contribution is -0.114. The van der Waals surface area contributed by atoms with Crippen molar-refractivity contribution in [1.29, 1.82) is 0 Å². The smallest absolute Gasteiger partial charge is 0.246 e. The summed E-state index contributed by atoms with van der Waals surface area (Å²) >= 11 is 0. The van der Waals surface area contributed by atoms with Crippen LogP contribution >= 0.6 is 0 Å². The van der Waals surface area contributed by atoms with Gasteiger partial charge in [-0.3, -0.25) is 4.79 Å². The molecule has 1 heterocycles. The van der Waals surface area contributed by atoms with Gasteiger partial charge >= 0.3 is 0 Å². The number of sulfonamides is 2. The minimum atomic E-state index is -3.78. The summed E-state index contributed by atoms with van der Waals surface area (Å²) in [5.74, 6) is -0.267. The molecule has 2 N–H and O–H groups in total. The van der Waals surface area contributed by atoms with E-state index in [-0.39, 0.29) is 27.8 Å². The topological polar surface area (TPSA) is 125 Å². The number of amides is 1. The predicted octanol–water partition coefficient (Wildman–Crippen LogP) is 1.78. The molecular formula is C21H28N4O6S2. The average Bonchev–Trinajstić information content (AvgIpc) is 3.34. The Bertz CT molecular complexity index is 1220. The van der Waals surface area contributed by atoms with Gasteiger partial charge in [0.25, 0.3) is 0 Å². The highest BCUT2D eigenvalue weighted by Crippen LogP contribution is 2.29. The molecule has 0 bridgehead atoms. The van der Waals surface area contributed by atoms with E-state index >= 15 is 0 Å². The highest BCUT2D eigenvalue weighted by molar-refractivity contribution is 7.89. The van der Waals surface area contributed by atoms with Gasteiger partial charge in [0.1, 0.15) is 10.6 Å². The summed E-state index contributed by atoms with van der Waals surface area (Å²) < 4.78 is 58.2. The molecule has 33 heavy (non-hydrogen) atoms. The van der Waals surface area contributed by atoms with Gasteiger partial charge in [-0.05, 0) is 49.2 Å². The van der Waals surface area contributed by atoms with Crippen molar-refractivity contribution in [3.8, 4) is 5.75 Å². The highest BCUT2D eigenvalue weighted by atomic mass is 32.2. The van der Waals surface area contributed by atoms with E-state index < -0.39 is 26.0 Å². The predicted molar refractivity (Wildman–Crippen MR) is 125 cm³/mol. The largest absolute Gasteiger partial charge is 0.495 e. The van der Waals surface area contributed by atoms with Gasteiger partial charge in [-0.15, -0.1) is 0 Å². The third kappa shape index (κ3) is 5.64. The zero-order chi connectivity index (χ0) is 24.2. The van der Waals surface area contributed by atoms with E-state index in [1.165, 1.54) is 55.8 Å². The second kappa shape index (κ2) is 10.1. The van der Waals surface area contributed by atoms with Crippen LogP contribution in [0.5, 0.6) is 5.75 Å². The maximum Gasteiger partial charge on any atom is 0.246 e. The van der Waals surface area contributed by atoms with Crippen molar-refractivity contribution in [2.45, 2.75) is 22.6 Å². The minimum Gasteiger partial charge on any atom is -0.495 e. The van der Waals surface area contributed by atoms with Crippen molar-refractivity contribution in [3.05, 3.63) is 42.5 Å². The van der Waals surface area contributed by atoms with E-state index in [0.29, 0.717) is 18.8 Å². The van der Waals surface area contributed by atoms with Gasteiger partial charge in [0, 0.05) is 38.6 Å². The number of rotatable bonds is 9. The Morgan fingerprint density at radius 2 is 1.73 bits per heavy atom. The Morgan fingerprint density at radius 3 is 2.36 bits per heavy atom. The molecule has 2 aromatic rings. The average molecular weight is 497 g/mol. The summed E-state index contributed by atoms with van der Waals surface area (Å²) in [6, 6.07) is 10.6. The summed E-state index contributed by atoms with van der Waals surface area (Å²) in [7, 11) is -3.16. The van der Waals surface area contributed by atoms with Crippen LogP contribution in [0.25, 0.3) is 0 Å². The molecule has 10 nitrogen and oxygen atoms in total. The van der Waals surface area contributed by atoms with Crippen molar-refractivity contribution in [2.24, 2.45) is 0 Å². The van der Waals surface area contributed by atoms with Gasteiger partial charge in [0.2, 0.25) is 26.0 Å². The summed E-state index contributed by atoms with van der Waals surface area (Å²) in [6.07, 6.45) is 1.69. The molecule has 1 amide bonds. The Kier molecular flexibility index (Phi) is 7.62. The van der Waals surface area contributed by atoms with Crippen molar-refractivity contribution in [1.82, 2.24) is 8.61 Å². The van der Waals surface area contributed by atoms with Crippen LogP contribution in [-0.4, -0.2) is 72.2 Å². The minimum absolute atomic E-state index is 0.0689. The number of hydrogen-bond donors (Lipinski definition) is 2. The zero-order valence-corrected chi connectivity index (χ0v) is 20.4. The first-order chi connectivity index (χ1) is 15.6. The summed E-state index contributed by atoms with van der Waals surface area (Å²) in [4.78, 5) is 12.5. The molecule has 0 aliphatic carbocycles.